The van der Waals surface area contributed by atoms with Gasteiger partial charge in [0.25, 0.3) is 0 Å². The van der Waals surface area contributed by atoms with Crippen LogP contribution in [0, 0.1) is 0 Å². The summed E-state index contributed by atoms with van der Waals surface area (Å²) in [5.41, 5.74) is 0. The van der Waals surface area contributed by atoms with Crippen LogP contribution in [0.25, 0.3) is 0 Å². The molecule has 4 nitrogen and oxygen atoms in total. The van der Waals surface area contributed by atoms with Crippen LogP contribution in [-0.2, 0) is 14.3 Å². The van der Waals surface area contributed by atoms with E-state index in [0.717, 1.165) is 25.7 Å². The molecule has 56 heavy (non-hydrogen) atoms. The highest BCUT2D eigenvalue weighted by atomic mass is 16.5. The van der Waals surface area contributed by atoms with Gasteiger partial charge in [0.2, 0.25) is 0 Å². The van der Waals surface area contributed by atoms with E-state index in [-0.39, 0.29) is 5.97 Å². The lowest BCUT2D eigenvalue weighted by molar-refractivity contribution is -0.144. The van der Waals surface area contributed by atoms with Gasteiger partial charge < -0.3 is 9.84 Å². The van der Waals surface area contributed by atoms with Gasteiger partial charge in [-0.3, -0.25) is 9.59 Å². The van der Waals surface area contributed by atoms with Crippen molar-refractivity contribution in [3.63, 3.8) is 0 Å². The van der Waals surface area contributed by atoms with Gasteiger partial charge in [0.1, 0.15) is 0 Å². The van der Waals surface area contributed by atoms with Gasteiger partial charge >= 0.3 is 11.9 Å². The fourth-order valence-electron chi connectivity index (χ4n) is 8.10. The van der Waals surface area contributed by atoms with Gasteiger partial charge in [0.15, 0.2) is 0 Å². The second-order valence-electron chi connectivity index (χ2n) is 17.7. The average molecular weight is 789 g/mol. The Morgan fingerprint density at radius 1 is 0.339 bits per heavy atom. The van der Waals surface area contributed by atoms with Crippen molar-refractivity contribution < 1.29 is 19.4 Å². The summed E-state index contributed by atoms with van der Waals surface area (Å²) in [4.78, 5) is 22.6. The third kappa shape index (κ3) is 50.7. The van der Waals surface area contributed by atoms with E-state index in [4.69, 9.17) is 9.84 Å². The largest absolute Gasteiger partial charge is 0.481 e. The van der Waals surface area contributed by atoms with Crippen LogP contribution < -0.4 is 0 Å². The summed E-state index contributed by atoms with van der Waals surface area (Å²) in [5, 5.41) is 8.66. The first-order valence-corrected chi connectivity index (χ1v) is 25.7. The Balaban J connectivity index is 3.16. The first-order chi connectivity index (χ1) is 27.7. The molecular formula is C52H100O4. The van der Waals surface area contributed by atoms with Gasteiger partial charge in [-0.05, 0) is 44.9 Å². The van der Waals surface area contributed by atoms with Gasteiger partial charge in [-0.15, -0.1) is 0 Å². The van der Waals surface area contributed by atoms with Crippen LogP contribution in [0.4, 0.5) is 0 Å². The topological polar surface area (TPSA) is 63.6 Å². The molecule has 0 aliphatic carbocycles. The summed E-state index contributed by atoms with van der Waals surface area (Å²) in [6, 6.07) is 0. The lowest BCUT2D eigenvalue weighted by atomic mass is 10.0. The van der Waals surface area contributed by atoms with Crippen LogP contribution >= 0.6 is 0 Å². The van der Waals surface area contributed by atoms with Crippen LogP contribution in [0.15, 0.2) is 12.2 Å². The van der Waals surface area contributed by atoms with Gasteiger partial charge in [0, 0.05) is 12.8 Å². The molecule has 0 aliphatic heterocycles. The molecule has 0 atom stereocenters. The number of aliphatic carboxylic acids is 1. The third-order valence-electron chi connectivity index (χ3n) is 11.9. The minimum Gasteiger partial charge on any atom is -0.481 e. The maximum absolute atomic E-state index is 12.0. The van der Waals surface area contributed by atoms with Crippen LogP contribution in [0.3, 0.4) is 0 Å². The predicted octanol–water partition coefficient (Wildman–Crippen LogP) is 18.1. The van der Waals surface area contributed by atoms with E-state index in [1.807, 2.05) is 0 Å². The van der Waals surface area contributed by atoms with Crippen molar-refractivity contribution in [3.05, 3.63) is 12.2 Å². The first-order valence-electron chi connectivity index (χ1n) is 25.7. The fraction of sp³-hybridized carbons (Fsp3) is 0.923. The van der Waals surface area contributed by atoms with E-state index < -0.39 is 5.97 Å². The number of ether oxygens (including phenoxy) is 1. The molecule has 0 aliphatic rings. The standard InChI is InChI=1S/C52H100O4/c1-2-3-4-5-6-7-8-9-10-24-28-31-34-37-40-43-46-49-52(55)56-50-47-44-41-38-35-32-29-26-23-21-19-17-15-13-11-12-14-16-18-20-22-25-27-30-33-36-39-42-45-48-51(53)54/h9-10H,2-8,11-50H2,1H3,(H,53,54). The number of carboxylic acid groups (broad SMARTS) is 1. The number of hydrogen-bond donors (Lipinski definition) is 1. The van der Waals surface area contributed by atoms with Crippen molar-refractivity contribution in [1.29, 1.82) is 0 Å². The second kappa shape index (κ2) is 49.8. The van der Waals surface area contributed by atoms with E-state index >= 15 is 0 Å². The normalized spacial score (nSPS) is 11.6. The van der Waals surface area contributed by atoms with Gasteiger partial charge in [0.05, 0.1) is 6.61 Å². The van der Waals surface area contributed by atoms with Crippen molar-refractivity contribution >= 4 is 11.9 Å². The van der Waals surface area contributed by atoms with Crippen molar-refractivity contribution in [3.8, 4) is 0 Å². The summed E-state index contributed by atoms with van der Waals surface area (Å²) in [5.74, 6) is -0.634. The number of esters is 1. The van der Waals surface area contributed by atoms with Crippen molar-refractivity contribution in [1.82, 2.24) is 0 Å². The first kappa shape index (κ1) is 54.7. The summed E-state index contributed by atoms with van der Waals surface area (Å²) < 4.78 is 5.48. The number of carboxylic acids is 1. The molecule has 0 saturated carbocycles. The highest BCUT2D eigenvalue weighted by molar-refractivity contribution is 5.69. The van der Waals surface area contributed by atoms with E-state index in [9.17, 15) is 9.59 Å². The monoisotopic (exact) mass is 789 g/mol. The molecule has 0 amide bonds. The smallest absolute Gasteiger partial charge is 0.305 e. The average Bonchev–Trinajstić information content (AvgIpc) is 3.19. The van der Waals surface area contributed by atoms with Crippen LogP contribution in [0.2, 0.25) is 0 Å². The Morgan fingerprint density at radius 2 is 0.589 bits per heavy atom. The lowest BCUT2D eigenvalue weighted by Crippen LogP contribution is -2.05. The molecular weight excluding hydrogens is 689 g/mol. The number of unbranched alkanes of at least 4 members (excludes halogenated alkanes) is 41. The Labute approximate surface area is 351 Å². The number of allylic oxidation sites excluding steroid dienone is 2. The third-order valence-corrected chi connectivity index (χ3v) is 11.9. The van der Waals surface area contributed by atoms with Gasteiger partial charge in [-0.1, -0.05) is 257 Å². The summed E-state index contributed by atoms with van der Waals surface area (Å²) in [6.45, 7) is 2.90. The lowest BCUT2D eigenvalue weighted by Gasteiger charge is -2.06. The van der Waals surface area contributed by atoms with Crippen LogP contribution in [0.5, 0.6) is 0 Å². The minimum absolute atomic E-state index is 0.0185. The zero-order valence-electron chi connectivity index (χ0n) is 38.1. The highest BCUT2D eigenvalue weighted by Gasteiger charge is 2.03. The SMILES string of the molecule is CCCCCCCCC=CCCCCCCCCCC(=O)OCCCCCCCCCCCCCCCCCCCCCCCCCCCCCCCC(=O)O. The molecule has 0 fully saturated rings. The molecule has 0 heterocycles. The zero-order valence-corrected chi connectivity index (χ0v) is 38.1. The van der Waals surface area contributed by atoms with E-state index in [0.29, 0.717) is 19.4 Å². The maximum atomic E-state index is 12.0. The summed E-state index contributed by atoms with van der Waals surface area (Å²) in [6.07, 6.45) is 64.4. The number of carbonyl (C=O) groups excluding carboxylic acids is 1. The highest BCUT2D eigenvalue weighted by Crippen LogP contribution is 2.17. The molecule has 0 rings (SSSR count). The van der Waals surface area contributed by atoms with Crippen LogP contribution in [-0.4, -0.2) is 23.7 Å². The number of carbonyl (C=O) groups is 2. The molecule has 332 valence electrons. The Hall–Kier alpha value is -1.32. The fourth-order valence-corrected chi connectivity index (χ4v) is 8.10. The molecule has 0 spiro atoms. The summed E-state index contributed by atoms with van der Waals surface area (Å²) >= 11 is 0. The predicted molar refractivity (Wildman–Crippen MR) is 246 cm³/mol. The molecule has 1 N–H and O–H groups in total. The minimum atomic E-state index is -0.653. The van der Waals surface area contributed by atoms with Gasteiger partial charge in [-0.2, -0.15) is 0 Å². The molecule has 0 bridgehead atoms. The molecule has 0 aromatic carbocycles. The molecule has 0 aromatic heterocycles. The Kier molecular flexibility index (Phi) is 48.7. The molecule has 4 heteroatoms. The maximum Gasteiger partial charge on any atom is 0.305 e. The van der Waals surface area contributed by atoms with E-state index in [1.54, 1.807) is 0 Å². The number of rotatable bonds is 49. The number of hydrogen-bond acceptors (Lipinski definition) is 3. The van der Waals surface area contributed by atoms with Crippen molar-refractivity contribution in [2.75, 3.05) is 6.61 Å². The van der Waals surface area contributed by atoms with Crippen molar-refractivity contribution in [2.45, 2.75) is 302 Å². The Morgan fingerprint density at radius 3 is 0.893 bits per heavy atom. The zero-order chi connectivity index (χ0) is 40.5. The van der Waals surface area contributed by atoms with Gasteiger partial charge in [-0.25, -0.2) is 0 Å². The van der Waals surface area contributed by atoms with E-state index in [1.165, 1.54) is 257 Å². The molecule has 0 unspecified atom stereocenters. The second-order valence-corrected chi connectivity index (χ2v) is 17.7. The molecule has 0 saturated heterocycles. The molecule has 0 aromatic rings. The van der Waals surface area contributed by atoms with Crippen molar-refractivity contribution in [2.24, 2.45) is 0 Å². The van der Waals surface area contributed by atoms with Crippen LogP contribution in [0.1, 0.15) is 302 Å². The Bertz CT molecular complexity index is 792. The molecule has 0 radical (unpaired) electrons. The quantitative estimate of drug-likeness (QED) is 0.0379. The van der Waals surface area contributed by atoms with E-state index in [2.05, 4.69) is 19.1 Å². The summed E-state index contributed by atoms with van der Waals surface area (Å²) in [7, 11) is 0.